The zero-order valence-electron chi connectivity index (χ0n) is 28.4. The van der Waals surface area contributed by atoms with E-state index in [1.165, 1.54) is 56.1 Å². The Morgan fingerprint density at radius 3 is 1.54 bits per heavy atom. The molecule has 5 heteroatoms. The van der Waals surface area contributed by atoms with E-state index in [-0.39, 0.29) is 24.4 Å². The Balaban J connectivity index is 1.26. The topological polar surface area (TPSA) is 40.2 Å². The number of likely N-dealkylation sites (tertiary alicyclic amines) is 1. The molecule has 5 nitrogen and oxygen atoms in total. The second-order valence-corrected chi connectivity index (χ2v) is 13.6. The quantitative estimate of drug-likeness (QED) is 0.114. The highest BCUT2D eigenvalue weighted by Crippen LogP contribution is 2.31. The Kier molecular flexibility index (Phi) is 13.7. The predicted molar refractivity (Wildman–Crippen MR) is 192 cm³/mol. The summed E-state index contributed by atoms with van der Waals surface area (Å²) in [4.78, 5) is 2.60. The molecule has 1 saturated heterocycles. The van der Waals surface area contributed by atoms with Crippen LogP contribution >= 0.6 is 0 Å². The van der Waals surface area contributed by atoms with Gasteiger partial charge in [0.15, 0.2) is 0 Å². The lowest BCUT2D eigenvalue weighted by molar-refractivity contribution is -0.210. The summed E-state index contributed by atoms with van der Waals surface area (Å²) in [5.41, 5.74) is 4.64. The Morgan fingerprint density at radius 2 is 1.00 bits per heavy atom. The maximum atomic E-state index is 6.97. The van der Waals surface area contributed by atoms with Gasteiger partial charge < -0.3 is 18.9 Å². The summed E-state index contributed by atoms with van der Waals surface area (Å²) >= 11 is 0. The lowest BCUT2D eigenvalue weighted by Crippen LogP contribution is -2.64. The van der Waals surface area contributed by atoms with E-state index in [0.717, 1.165) is 30.1 Å². The van der Waals surface area contributed by atoms with Crippen molar-refractivity contribution in [1.29, 1.82) is 0 Å². The minimum atomic E-state index is -0.266. The van der Waals surface area contributed by atoms with Crippen LogP contribution in [-0.2, 0) is 45.4 Å². The fraction of sp³-hybridized carbons (Fsp3) is 0.442. The van der Waals surface area contributed by atoms with Crippen LogP contribution in [0.4, 0.5) is 0 Å². The summed E-state index contributed by atoms with van der Waals surface area (Å²) in [6.45, 7) is 4.46. The third-order valence-electron chi connectivity index (χ3n) is 10.0. The summed E-state index contributed by atoms with van der Waals surface area (Å²) < 4.78 is 27.2. The molecule has 254 valence electrons. The van der Waals surface area contributed by atoms with Gasteiger partial charge in [-0.2, -0.15) is 0 Å². The highest BCUT2D eigenvalue weighted by molar-refractivity contribution is 5.16. The standard InChI is InChI=1S/C43H53NO4/c1-6-17-35(18-7-1)27-16-28-44-29-41(46-31-37-21-10-3-11-22-37)43(48-33-39-25-14-5-15-26-39)42(47-32-38-23-12-4-13-24-38)40(44)34-45-30-36-19-8-2-9-20-36/h2-5,8-15,19-26,35,40-43H,1,6-7,16-18,27-34H2/t40-,41-,42+,43+/m0/s1. The van der Waals surface area contributed by atoms with Crippen LogP contribution in [0.15, 0.2) is 121 Å². The van der Waals surface area contributed by atoms with Gasteiger partial charge in [-0.25, -0.2) is 0 Å². The molecular weight excluding hydrogens is 594 g/mol. The molecule has 6 rings (SSSR count). The van der Waals surface area contributed by atoms with E-state index in [1.54, 1.807) is 0 Å². The molecule has 0 N–H and O–H groups in total. The Hall–Kier alpha value is -3.32. The molecule has 48 heavy (non-hydrogen) atoms. The molecule has 1 aliphatic heterocycles. The van der Waals surface area contributed by atoms with Crippen LogP contribution in [0.2, 0.25) is 0 Å². The number of hydrogen-bond acceptors (Lipinski definition) is 5. The molecule has 0 spiro atoms. The SMILES string of the molecule is c1ccc(COC[C@H]2[C@@H](OCc3ccccc3)[C@H](OCc3ccccc3)[C@@H](OCc3ccccc3)CN2CCCC2CCCCC2)cc1. The smallest absolute Gasteiger partial charge is 0.113 e. The fourth-order valence-corrected chi connectivity index (χ4v) is 7.36. The monoisotopic (exact) mass is 647 g/mol. The Labute approximate surface area is 288 Å². The average Bonchev–Trinajstić information content (AvgIpc) is 3.15. The van der Waals surface area contributed by atoms with Gasteiger partial charge in [-0.05, 0) is 47.6 Å². The zero-order valence-corrected chi connectivity index (χ0v) is 28.4. The number of rotatable bonds is 17. The second-order valence-electron chi connectivity index (χ2n) is 13.6. The fourth-order valence-electron chi connectivity index (χ4n) is 7.36. The molecule has 0 bridgehead atoms. The van der Waals surface area contributed by atoms with Crippen molar-refractivity contribution in [3.05, 3.63) is 144 Å². The third kappa shape index (κ3) is 10.6. The van der Waals surface area contributed by atoms with Crippen molar-refractivity contribution in [2.24, 2.45) is 5.92 Å². The van der Waals surface area contributed by atoms with Gasteiger partial charge in [-0.1, -0.05) is 153 Å². The van der Waals surface area contributed by atoms with E-state index in [1.807, 2.05) is 6.07 Å². The van der Waals surface area contributed by atoms with Crippen LogP contribution in [0.1, 0.15) is 67.2 Å². The van der Waals surface area contributed by atoms with Crippen molar-refractivity contribution in [2.75, 3.05) is 19.7 Å². The van der Waals surface area contributed by atoms with Gasteiger partial charge in [0.2, 0.25) is 0 Å². The molecule has 2 fully saturated rings. The van der Waals surface area contributed by atoms with Crippen LogP contribution < -0.4 is 0 Å². The number of piperidine rings is 1. The van der Waals surface area contributed by atoms with Crippen molar-refractivity contribution in [3.63, 3.8) is 0 Å². The number of benzene rings is 4. The van der Waals surface area contributed by atoms with Gasteiger partial charge >= 0.3 is 0 Å². The van der Waals surface area contributed by atoms with Gasteiger partial charge in [0.25, 0.3) is 0 Å². The number of ether oxygens (including phenoxy) is 4. The Bertz CT molecular complexity index is 1410. The Morgan fingerprint density at radius 1 is 0.521 bits per heavy atom. The van der Waals surface area contributed by atoms with Crippen molar-refractivity contribution < 1.29 is 18.9 Å². The molecule has 0 unspecified atom stereocenters. The van der Waals surface area contributed by atoms with Crippen LogP contribution in [-0.4, -0.2) is 49.0 Å². The average molecular weight is 648 g/mol. The van der Waals surface area contributed by atoms with Gasteiger partial charge in [0, 0.05) is 6.54 Å². The van der Waals surface area contributed by atoms with E-state index in [9.17, 15) is 0 Å². The first-order valence-electron chi connectivity index (χ1n) is 18.1. The summed E-state index contributed by atoms with van der Waals surface area (Å²) in [7, 11) is 0. The van der Waals surface area contributed by atoms with Crippen LogP contribution in [0, 0.1) is 5.92 Å². The van der Waals surface area contributed by atoms with Crippen LogP contribution in [0.5, 0.6) is 0 Å². The molecule has 2 aliphatic rings. The maximum Gasteiger partial charge on any atom is 0.113 e. The van der Waals surface area contributed by atoms with Crippen molar-refractivity contribution in [3.8, 4) is 0 Å². The summed E-state index contributed by atoms with van der Waals surface area (Å²) in [5.74, 6) is 0.855. The third-order valence-corrected chi connectivity index (χ3v) is 10.0. The normalized spacial score (nSPS) is 22.1. The minimum absolute atomic E-state index is 0.0288. The van der Waals surface area contributed by atoms with Gasteiger partial charge in [0.1, 0.15) is 12.2 Å². The first-order chi connectivity index (χ1) is 23.8. The first kappa shape index (κ1) is 34.5. The summed E-state index contributed by atoms with van der Waals surface area (Å²) in [5, 5.41) is 0. The molecule has 4 aromatic rings. The molecule has 4 aromatic carbocycles. The highest BCUT2D eigenvalue weighted by atomic mass is 16.6. The van der Waals surface area contributed by atoms with E-state index in [4.69, 9.17) is 18.9 Å². The van der Waals surface area contributed by atoms with Crippen molar-refractivity contribution in [2.45, 2.75) is 95.7 Å². The number of hydrogen-bond donors (Lipinski definition) is 0. The highest BCUT2D eigenvalue weighted by Gasteiger charge is 2.46. The van der Waals surface area contributed by atoms with E-state index < -0.39 is 0 Å². The lowest BCUT2D eigenvalue weighted by atomic mass is 9.86. The molecule has 0 amide bonds. The first-order valence-corrected chi connectivity index (χ1v) is 18.1. The largest absolute Gasteiger partial charge is 0.375 e. The lowest BCUT2D eigenvalue weighted by Gasteiger charge is -2.48. The molecule has 1 heterocycles. The maximum absolute atomic E-state index is 6.97. The van der Waals surface area contributed by atoms with E-state index >= 15 is 0 Å². The van der Waals surface area contributed by atoms with Crippen molar-refractivity contribution in [1.82, 2.24) is 4.90 Å². The minimum Gasteiger partial charge on any atom is -0.375 e. The van der Waals surface area contributed by atoms with Crippen LogP contribution in [0.25, 0.3) is 0 Å². The second kappa shape index (κ2) is 19.0. The molecular formula is C43H53NO4. The molecule has 1 aliphatic carbocycles. The molecule has 1 saturated carbocycles. The van der Waals surface area contributed by atoms with Gasteiger partial charge in [0.05, 0.1) is 45.2 Å². The van der Waals surface area contributed by atoms with Gasteiger partial charge in [-0.3, -0.25) is 4.90 Å². The summed E-state index contributed by atoms with van der Waals surface area (Å²) in [6, 6.07) is 41.9. The molecule has 4 atom stereocenters. The number of nitrogens with zero attached hydrogens (tertiary/aromatic N) is 1. The molecule has 0 radical (unpaired) electrons. The van der Waals surface area contributed by atoms with Crippen LogP contribution in [0.3, 0.4) is 0 Å². The van der Waals surface area contributed by atoms with E-state index in [0.29, 0.717) is 33.0 Å². The van der Waals surface area contributed by atoms with E-state index in [2.05, 4.69) is 120 Å². The van der Waals surface area contributed by atoms with Crippen molar-refractivity contribution >= 4 is 0 Å². The molecule has 0 aromatic heterocycles. The summed E-state index contributed by atoms with van der Waals surface area (Å²) in [6.07, 6.45) is 8.72. The zero-order chi connectivity index (χ0) is 32.6. The van der Waals surface area contributed by atoms with Gasteiger partial charge in [-0.15, -0.1) is 0 Å². The predicted octanol–water partition coefficient (Wildman–Crippen LogP) is 9.00.